The minimum Gasteiger partial charge on any atom is -0.339 e. The first-order chi connectivity index (χ1) is 10.8. The van der Waals surface area contributed by atoms with Crippen molar-refractivity contribution in [1.82, 2.24) is 14.3 Å². The van der Waals surface area contributed by atoms with Crippen LogP contribution in [0.4, 0.5) is 5.95 Å². The molecule has 1 aromatic heterocycles. The Morgan fingerprint density at radius 1 is 1.39 bits per heavy atom. The van der Waals surface area contributed by atoms with Crippen molar-refractivity contribution in [3.63, 3.8) is 0 Å². The number of hydrogen-bond acceptors (Lipinski definition) is 5. The van der Waals surface area contributed by atoms with Crippen LogP contribution in [0.5, 0.6) is 0 Å². The van der Waals surface area contributed by atoms with Crippen molar-refractivity contribution in [2.45, 2.75) is 18.9 Å². The van der Waals surface area contributed by atoms with Gasteiger partial charge in [-0.25, -0.2) is 22.7 Å². The summed E-state index contributed by atoms with van der Waals surface area (Å²) >= 11 is 3.44. The highest BCUT2D eigenvalue weighted by Gasteiger charge is 2.29. The smallest absolute Gasteiger partial charge is 0.225 e. The molecule has 6 nitrogen and oxygen atoms in total. The summed E-state index contributed by atoms with van der Waals surface area (Å²) in [5.74, 6) is 0.659. The van der Waals surface area contributed by atoms with Crippen molar-refractivity contribution in [1.29, 1.82) is 0 Å². The highest BCUT2D eigenvalue weighted by Crippen LogP contribution is 2.23. The Kier molecular flexibility index (Phi) is 4.57. The zero-order valence-electron chi connectivity index (χ0n) is 13.1. The molecular weight excluding hydrogens is 380 g/mol. The van der Waals surface area contributed by atoms with E-state index in [9.17, 15) is 8.42 Å². The molecule has 0 amide bonds. The van der Waals surface area contributed by atoms with Gasteiger partial charge in [-0.05, 0) is 31.0 Å². The maximum Gasteiger partial charge on any atom is 0.225 e. The van der Waals surface area contributed by atoms with E-state index in [1.807, 2.05) is 24.4 Å². The quantitative estimate of drug-likeness (QED) is 0.792. The lowest BCUT2D eigenvalue weighted by atomic mass is 10.1. The number of hydrogen-bond donors (Lipinski definition) is 0. The Balaban J connectivity index is 1.85. The molecule has 2 aromatic rings. The molecule has 23 heavy (non-hydrogen) atoms. The van der Waals surface area contributed by atoms with Gasteiger partial charge in [-0.2, -0.15) is 0 Å². The topological polar surface area (TPSA) is 66.4 Å². The molecule has 1 saturated heterocycles. The molecule has 2 heterocycles. The summed E-state index contributed by atoms with van der Waals surface area (Å²) in [5.41, 5.74) is 0.886. The molecule has 1 fully saturated rings. The second kappa shape index (κ2) is 6.33. The molecule has 1 aliphatic heterocycles. The zero-order valence-corrected chi connectivity index (χ0v) is 15.5. The Labute approximate surface area is 144 Å². The Morgan fingerprint density at radius 3 is 2.91 bits per heavy atom. The van der Waals surface area contributed by atoms with Crippen molar-refractivity contribution in [2.24, 2.45) is 0 Å². The van der Waals surface area contributed by atoms with Crippen LogP contribution in [0.15, 0.2) is 28.9 Å². The molecule has 0 aliphatic carbocycles. The number of sulfonamides is 1. The van der Waals surface area contributed by atoms with Crippen molar-refractivity contribution in [3.8, 4) is 0 Å². The highest BCUT2D eigenvalue weighted by molar-refractivity contribution is 9.10. The minimum atomic E-state index is -3.19. The van der Waals surface area contributed by atoms with E-state index in [2.05, 4.69) is 30.8 Å². The maximum atomic E-state index is 11.8. The van der Waals surface area contributed by atoms with Gasteiger partial charge in [-0.3, -0.25) is 0 Å². The molecule has 0 radical (unpaired) electrons. The number of fused-ring (bicyclic) bond motifs is 1. The summed E-state index contributed by atoms with van der Waals surface area (Å²) in [5, 5.41) is 0.977. The molecule has 1 atom stereocenters. The van der Waals surface area contributed by atoms with Crippen LogP contribution in [0.2, 0.25) is 0 Å². The van der Waals surface area contributed by atoms with Crippen molar-refractivity contribution >= 4 is 42.8 Å². The summed E-state index contributed by atoms with van der Waals surface area (Å²) < 4.78 is 26.0. The maximum absolute atomic E-state index is 11.8. The number of halogens is 1. The van der Waals surface area contributed by atoms with Crippen LogP contribution in [-0.2, 0) is 10.0 Å². The van der Waals surface area contributed by atoms with Crippen LogP contribution in [0.1, 0.15) is 12.8 Å². The SMILES string of the molecule is CN(C1CCCN(c2ncc3cc(Br)ccc3n2)C1)S(C)(=O)=O. The molecule has 0 N–H and O–H groups in total. The summed E-state index contributed by atoms with van der Waals surface area (Å²) in [6.45, 7) is 1.46. The van der Waals surface area contributed by atoms with Crippen LogP contribution in [0.3, 0.4) is 0 Å². The largest absolute Gasteiger partial charge is 0.339 e. The second-order valence-electron chi connectivity index (χ2n) is 5.89. The van der Waals surface area contributed by atoms with Gasteiger partial charge in [-0.1, -0.05) is 15.9 Å². The first kappa shape index (κ1) is 16.6. The van der Waals surface area contributed by atoms with Crippen LogP contribution < -0.4 is 4.90 Å². The molecule has 1 aromatic carbocycles. The fourth-order valence-corrected chi connectivity index (χ4v) is 3.94. The normalized spacial score (nSPS) is 19.5. The average Bonchev–Trinajstić information content (AvgIpc) is 2.53. The third-order valence-corrected chi connectivity index (χ3v) is 6.08. The van der Waals surface area contributed by atoms with Gasteiger partial charge in [-0.15, -0.1) is 0 Å². The van der Waals surface area contributed by atoms with E-state index in [0.717, 1.165) is 34.8 Å². The molecule has 8 heteroatoms. The molecule has 1 aliphatic rings. The third-order valence-electron chi connectivity index (χ3n) is 4.25. The standard InChI is InChI=1S/C15H19BrN4O2S/c1-19(23(2,21)22)13-4-3-7-20(10-13)15-17-9-11-8-12(16)5-6-14(11)18-15/h5-6,8-9,13H,3-4,7,10H2,1-2H3. The van der Waals surface area contributed by atoms with Gasteiger partial charge in [0.2, 0.25) is 16.0 Å². The van der Waals surface area contributed by atoms with E-state index in [0.29, 0.717) is 12.5 Å². The molecule has 0 bridgehead atoms. The van der Waals surface area contributed by atoms with Gasteiger partial charge in [0.25, 0.3) is 0 Å². The monoisotopic (exact) mass is 398 g/mol. The summed E-state index contributed by atoms with van der Waals surface area (Å²) in [6.07, 6.45) is 4.84. The van der Waals surface area contributed by atoms with Crippen LogP contribution in [-0.4, -0.2) is 55.1 Å². The van der Waals surface area contributed by atoms with Crippen molar-refractivity contribution in [2.75, 3.05) is 31.3 Å². The molecule has 0 spiro atoms. The number of rotatable bonds is 3. The first-order valence-corrected chi connectivity index (χ1v) is 10.1. The molecule has 1 unspecified atom stereocenters. The number of benzene rings is 1. The van der Waals surface area contributed by atoms with Crippen molar-refractivity contribution in [3.05, 3.63) is 28.9 Å². The first-order valence-electron chi connectivity index (χ1n) is 7.45. The van der Waals surface area contributed by atoms with E-state index in [-0.39, 0.29) is 6.04 Å². The van der Waals surface area contributed by atoms with Crippen molar-refractivity contribution < 1.29 is 8.42 Å². The predicted molar refractivity (Wildman–Crippen MR) is 95.1 cm³/mol. The number of nitrogens with zero attached hydrogens (tertiary/aromatic N) is 4. The Morgan fingerprint density at radius 2 is 2.17 bits per heavy atom. The van der Waals surface area contributed by atoms with Gasteiger partial charge >= 0.3 is 0 Å². The highest BCUT2D eigenvalue weighted by atomic mass is 79.9. The van der Waals surface area contributed by atoms with Gasteiger partial charge < -0.3 is 4.90 Å². The van der Waals surface area contributed by atoms with E-state index in [1.54, 1.807) is 7.05 Å². The number of likely N-dealkylation sites (N-methyl/N-ethyl adjacent to an activating group) is 1. The lowest BCUT2D eigenvalue weighted by Crippen LogP contribution is -2.48. The summed E-state index contributed by atoms with van der Waals surface area (Å²) in [4.78, 5) is 11.1. The van der Waals surface area contributed by atoms with Gasteiger partial charge in [0.1, 0.15) is 0 Å². The van der Waals surface area contributed by atoms with Crippen LogP contribution in [0, 0.1) is 0 Å². The van der Waals surface area contributed by atoms with E-state index >= 15 is 0 Å². The molecular formula is C15H19BrN4O2S. The lowest BCUT2D eigenvalue weighted by Gasteiger charge is -2.36. The van der Waals surface area contributed by atoms with Gasteiger partial charge in [0.05, 0.1) is 11.8 Å². The van der Waals surface area contributed by atoms with E-state index in [4.69, 9.17) is 0 Å². The fourth-order valence-electron chi connectivity index (χ4n) is 2.85. The van der Waals surface area contributed by atoms with Gasteiger partial charge in [0.15, 0.2) is 0 Å². The molecule has 3 rings (SSSR count). The lowest BCUT2D eigenvalue weighted by molar-refractivity contribution is 0.320. The fraction of sp³-hybridized carbons (Fsp3) is 0.467. The van der Waals surface area contributed by atoms with Gasteiger partial charge in [0, 0.05) is 42.2 Å². The van der Waals surface area contributed by atoms with E-state index in [1.165, 1.54) is 10.6 Å². The Hall–Kier alpha value is -1.25. The second-order valence-corrected chi connectivity index (χ2v) is 8.85. The van der Waals surface area contributed by atoms with E-state index < -0.39 is 10.0 Å². The average molecular weight is 399 g/mol. The number of piperidine rings is 1. The zero-order chi connectivity index (χ0) is 16.6. The summed E-state index contributed by atoms with van der Waals surface area (Å²) in [6, 6.07) is 5.85. The Bertz CT molecular complexity index is 827. The number of anilines is 1. The molecule has 124 valence electrons. The van der Waals surface area contributed by atoms with Crippen LogP contribution in [0.25, 0.3) is 10.9 Å². The summed E-state index contributed by atoms with van der Waals surface area (Å²) in [7, 11) is -1.55. The number of aromatic nitrogens is 2. The molecule has 0 saturated carbocycles. The minimum absolute atomic E-state index is 0.0389. The van der Waals surface area contributed by atoms with Crippen LogP contribution >= 0.6 is 15.9 Å². The predicted octanol–water partition coefficient (Wildman–Crippen LogP) is 2.25. The third kappa shape index (κ3) is 3.64.